The van der Waals surface area contributed by atoms with Crippen LogP contribution in [-0.2, 0) is 6.18 Å². The zero-order chi connectivity index (χ0) is 15.0. The van der Waals surface area contributed by atoms with Crippen LogP contribution in [0.15, 0.2) is 18.3 Å². The first-order valence-electron chi connectivity index (χ1n) is 7.26. The van der Waals surface area contributed by atoms with Crippen molar-refractivity contribution in [2.45, 2.75) is 31.9 Å². The van der Waals surface area contributed by atoms with E-state index in [0.717, 1.165) is 31.1 Å². The average molecular weight is 298 g/mol. The lowest BCUT2D eigenvalue weighted by molar-refractivity contribution is -0.141. The Morgan fingerprint density at radius 3 is 2.57 bits per heavy atom. The minimum absolute atomic E-state index is 0.213. The van der Waals surface area contributed by atoms with Crippen molar-refractivity contribution < 1.29 is 18.0 Å². The SMILES string of the molecule is O=C(c1ccc(C(F)(F)F)nc1)N1CCC(CC2CC2)C1. The van der Waals surface area contributed by atoms with E-state index >= 15 is 0 Å². The lowest BCUT2D eigenvalue weighted by Gasteiger charge is -2.16. The van der Waals surface area contributed by atoms with Crippen molar-refractivity contribution in [2.24, 2.45) is 11.8 Å². The number of pyridine rings is 1. The average Bonchev–Trinajstić information content (AvgIpc) is 3.13. The van der Waals surface area contributed by atoms with Crippen LogP contribution in [0.4, 0.5) is 13.2 Å². The Morgan fingerprint density at radius 1 is 1.24 bits per heavy atom. The Labute approximate surface area is 121 Å². The van der Waals surface area contributed by atoms with Gasteiger partial charge in [-0.05, 0) is 36.8 Å². The van der Waals surface area contributed by atoms with Gasteiger partial charge in [0.1, 0.15) is 5.69 Å². The molecule has 1 amide bonds. The molecule has 1 atom stereocenters. The predicted octanol–water partition coefficient (Wildman–Crippen LogP) is 3.36. The minimum atomic E-state index is -4.47. The summed E-state index contributed by atoms with van der Waals surface area (Å²) in [7, 11) is 0. The van der Waals surface area contributed by atoms with E-state index < -0.39 is 11.9 Å². The van der Waals surface area contributed by atoms with Gasteiger partial charge in [-0.15, -0.1) is 0 Å². The maximum absolute atomic E-state index is 12.4. The summed E-state index contributed by atoms with van der Waals surface area (Å²) in [6.07, 6.45) is 1.33. The van der Waals surface area contributed by atoms with Crippen molar-refractivity contribution >= 4 is 5.91 Å². The number of carbonyl (C=O) groups is 1. The van der Waals surface area contributed by atoms with Gasteiger partial charge in [0.25, 0.3) is 5.91 Å². The Bertz CT molecular complexity index is 523. The van der Waals surface area contributed by atoms with Crippen LogP contribution in [0.5, 0.6) is 0 Å². The van der Waals surface area contributed by atoms with E-state index in [-0.39, 0.29) is 11.5 Å². The van der Waals surface area contributed by atoms with Gasteiger partial charge in [-0.1, -0.05) is 12.8 Å². The fourth-order valence-electron chi connectivity index (χ4n) is 2.91. The van der Waals surface area contributed by atoms with Crippen molar-refractivity contribution in [3.8, 4) is 0 Å². The zero-order valence-electron chi connectivity index (χ0n) is 11.6. The quantitative estimate of drug-likeness (QED) is 0.857. The zero-order valence-corrected chi connectivity index (χ0v) is 11.6. The lowest BCUT2D eigenvalue weighted by Crippen LogP contribution is -2.29. The molecule has 1 aliphatic heterocycles. The molecule has 1 aromatic heterocycles. The van der Waals surface area contributed by atoms with Crippen molar-refractivity contribution in [2.75, 3.05) is 13.1 Å². The maximum Gasteiger partial charge on any atom is 0.433 e. The van der Waals surface area contributed by atoms with E-state index in [2.05, 4.69) is 4.98 Å². The number of alkyl halides is 3. The van der Waals surface area contributed by atoms with Gasteiger partial charge in [-0.2, -0.15) is 13.2 Å². The summed E-state index contributed by atoms with van der Waals surface area (Å²) in [5.41, 5.74) is -0.734. The molecule has 2 aliphatic rings. The summed E-state index contributed by atoms with van der Waals surface area (Å²) in [6, 6.07) is 2.08. The van der Waals surface area contributed by atoms with Gasteiger partial charge >= 0.3 is 6.18 Å². The normalized spacial score (nSPS) is 22.6. The molecule has 1 unspecified atom stereocenters. The Balaban J connectivity index is 1.62. The standard InChI is InChI=1S/C15H17F3N2O/c16-15(17,18)13-4-3-12(8-19-13)14(21)20-6-5-11(9-20)7-10-1-2-10/h3-4,8,10-11H,1-2,5-7,9H2. The second-order valence-electron chi connectivity index (χ2n) is 6.01. The molecule has 21 heavy (non-hydrogen) atoms. The van der Waals surface area contributed by atoms with Crippen molar-refractivity contribution in [1.82, 2.24) is 9.88 Å². The van der Waals surface area contributed by atoms with E-state index in [1.807, 2.05) is 0 Å². The molecule has 1 aromatic rings. The van der Waals surface area contributed by atoms with Gasteiger partial charge in [0, 0.05) is 19.3 Å². The Hall–Kier alpha value is -1.59. The highest BCUT2D eigenvalue weighted by atomic mass is 19.4. The first-order chi connectivity index (χ1) is 9.93. The van der Waals surface area contributed by atoms with Crippen LogP contribution in [0.25, 0.3) is 0 Å². The third kappa shape index (κ3) is 3.36. The molecule has 0 aromatic carbocycles. The van der Waals surface area contributed by atoms with Crippen LogP contribution >= 0.6 is 0 Å². The summed E-state index contributed by atoms with van der Waals surface area (Å²) < 4.78 is 37.3. The number of hydrogen-bond acceptors (Lipinski definition) is 2. The molecule has 2 fully saturated rings. The fraction of sp³-hybridized carbons (Fsp3) is 0.600. The largest absolute Gasteiger partial charge is 0.433 e. The van der Waals surface area contributed by atoms with Gasteiger partial charge in [-0.25, -0.2) is 0 Å². The summed E-state index contributed by atoms with van der Waals surface area (Å²) in [5.74, 6) is 1.16. The molecule has 3 nitrogen and oxygen atoms in total. The summed E-state index contributed by atoms with van der Waals surface area (Å²) in [4.78, 5) is 17.3. The van der Waals surface area contributed by atoms with E-state index in [1.54, 1.807) is 4.90 Å². The second-order valence-corrected chi connectivity index (χ2v) is 6.01. The van der Waals surface area contributed by atoms with Crippen LogP contribution in [0.1, 0.15) is 41.7 Å². The highest BCUT2D eigenvalue weighted by Crippen LogP contribution is 2.38. The number of likely N-dealkylation sites (tertiary alicyclic amines) is 1. The lowest BCUT2D eigenvalue weighted by atomic mass is 10.0. The first-order valence-corrected chi connectivity index (χ1v) is 7.26. The van der Waals surface area contributed by atoms with Crippen molar-refractivity contribution in [3.63, 3.8) is 0 Å². The van der Waals surface area contributed by atoms with E-state index in [0.29, 0.717) is 12.5 Å². The molecule has 1 aliphatic carbocycles. The highest BCUT2D eigenvalue weighted by molar-refractivity contribution is 5.94. The number of amides is 1. The smallest absolute Gasteiger partial charge is 0.338 e. The molecule has 0 bridgehead atoms. The Morgan fingerprint density at radius 2 is 2.00 bits per heavy atom. The molecule has 0 spiro atoms. The third-order valence-corrected chi connectivity index (χ3v) is 4.24. The topological polar surface area (TPSA) is 33.2 Å². The summed E-state index contributed by atoms with van der Waals surface area (Å²) in [5, 5.41) is 0. The van der Waals surface area contributed by atoms with E-state index in [1.165, 1.54) is 25.3 Å². The minimum Gasteiger partial charge on any atom is -0.338 e. The molecule has 1 saturated carbocycles. The van der Waals surface area contributed by atoms with Crippen molar-refractivity contribution in [3.05, 3.63) is 29.6 Å². The number of nitrogens with zero attached hydrogens (tertiary/aromatic N) is 2. The van der Waals surface area contributed by atoms with Crippen LogP contribution in [-0.4, -0.2) is 28.9 Å². The fourth-order valence-corrected chi connectivity index (χ4v) is 2.91. The van der Waals surface area contributed by atoms with Gasteiger partial charge in [0.15, 0.2) is 0 Å². The van der Waals surface area contributed by atoms with Gasteiger partial charge in [0.2, 0.25) is 0 Å². The first kappa shape index (κ1) is 14.4. The van der Waals surface area contributed by atoms with Crippen LogP contribution in [0.3, 0.4) is 0 Å². The van der Waals surface area contributed by atoms with E-state index in [4.69, 9.17) is 0 Å². The third-order valence-electron chi connectivity index (χ3n) is 4.24. The van der Waals surface area contributed by atoms with E-state index in [9.17, 15) is 18.0 Å². The number of rotatable bonds is 3. The van der Waals surface area contributed by atoms with Crippen LogP contribution in [0.2, 0.25) is 0 Å². The maximum atomic E-state index is 12.4. The van der Waals surface area contributed by atoms with Gasteiger partial charge < -0.3 is 4.90 Å². The Kier molecular flexibility index (Phi) is 3.63. The van der Waals surface area contributed by atoms with Gasteiger partial charge in [0.05, 0.1) is 5.56 Å². The summed E-state index contributed by atoms with van der Waals surface area (Å²) >= 11 is 0. The van der Waals surface area contributed by atoms with Crippen LogP contribution in [0, 0.1) is 11.8 Å². The molecule has 2 heterocycles. The van der Waals surface area contributed by atoms with Gasteiger partial charge in [-0.3, -0.25) is 9.78 Å². The van der Waals surface area contributed by atoms with Crippen LogP contribution < -0.4 is 0 Å². The molecule has 114 valence electrons. The molecule has 1 saturated heterocycles. The number of carbonyl (C=O) groups excluding carboxylic acids is 1. The molecule has 0 N–H and O–H groups in total. The summed E-state index contributed by atoms with van der Waals surface area (Å²) in [6.45, 7) is 1.41. The molecule has 0 radical (unpaired) electrons. The molecular formula is C15H17F3N2O. The second kappa shape index (κ2) is 5.31. The number of halogens is 3. The molecule has 3 rings (SSSR count). The monoisotopic (exact) mass is 298 g/mol. The molecular weight excluding hydrogens is 281 g/mol. The number of hydrogen-bond donors (Lipinski definition) is 0. The van der Waals surface area contributed by atoms with Crippen molar-refractivity contribution in [1.29, 1.82) is 0 Å². The predicted molar refractivity (Wildman–Crippen MR) is 70.6 cm³/mol. The molecule has 6 heteroatoms. The highest BCUT2D eigenvalue weighted by Gasteiger charge is 2.34. The number of aromatic nitrogens is 1.